The van der Waals surface area contributed by atoms with Crippen LogP contribution in [0.25, 0.3) is 0 Å². The number of carbonyl (C=O) groups excluding carboxylic acids is 1. The first kappa shape index (κ1) is 22.1. The van der Waals surface area contributed by atoms with Crippen LogP contribution in [0.3, 0.4) is 0 Å². The van der Waals surface area contributed by atoms with Gasteiger partial charge in [-0.15, -0.1) is 12.4 Å². The van der Waals surface area contributed by atoms with E-state index in [9.17, 15) is 4.79 Å². The highest BCUT2D eigenvalue weighted by atomic mass is 35.5. The van der Waals surface area contributed by atoms with E-state index in [4.69, 9.17) is 19.9 Å². The molecule has 6 heteroatoms. The maximum Gasteiger partial charge on any atom is 0.306 e. The molecule has 1 heterocycles. The van der Waals surface area contributed by atoms with Crippen LogP contribution in [0.1, 0.15) is 30.4 Å². The van der Waals surface area contributed by atoms with Gasteiger partial charge in [-0.05, 0) is 43.0 Å². The zero-order chi connectivity index (χ0) is 19.1. The van der Waals surface area contributed by atoms with Crippen LogP contribution < -0.4 is 15.2 Å². The second-order valence-corrected chi connectivity index (χ2v) is 6.71. The first-order chi connectivity index (χ1) is 13.2. The molecule has 2 aromatic rings. The molecule has 5 nitrogen and oxygen atoms in total. The summed E-state index contributed by atoms with van der Waals surface area (Å²) in [7, 11) is 0. The molecule has 2 N–H and O–H groups in total. The maximum atomic E-state index is 12.1. The van der Waals surface area contributed by atoms with Gasteiger partial charge in [-0.1, -0.05) is 30.3 Å². The SMILES string of the molecule is CCOC(=O)CC1COc2ccc(OCCN)cc2C1Cc1ccccc1.Cl. The number of halogens is 1. The Balaban J connectivity index is 0.00000280. The summed E-state index contributed by atoms with van der Waals surface area (Å²) in [6.45, 7) is 3.66. The van der Waals surface area contributed by atoms with Gasteiger partial charge >= 0.3 is 5.97 Å². The van der Waals surface area contributed by atoms with Gasteiger partial charge in [0.25, 0.3) is 0 Å². The topological polar surface area (TPSA) is 70.8 Å². The predicted molar refractivity (Wildman–Crippen MR) is 111 cm³/mol. The Bertz CT molecular complexity index is 753. The fourth-order valence-corrected chi connectivity index (χ4v) is 3.56. The lowest BCUT2D eigenvalue weighted by Gasteiger charge is -2.33. The molecule has 1 aliphatic rings. The second kappa shape index (κ2) is 10.9. The summed E-state index contributed by atoms with van der Waals surface area (Å²) in [5.41, 5.74) is 7.86. The van der Waals surface area contributed by atoms with Crippen molar-refractivity contribution in [3.05, 3.63) is 59.7 Å². The molecule has 0 saturated heterocycles. The molecule has 0 aliphatic carbocycles. The number of benzene rings is 2. The summed E-state index contributed by atoms with van der Waals surface area (Å²) in [5, 5.41) is 0. The molecule has 3 rings (SSSR count). The van der Waals surface area contributed by atoms with Crippen LogP contribution in [0.4, 0.5) is 0 Å². The largest absolute Gasteiger partial charge is 0.493 e. The van der Waals surface area contributed by atoms with Crippen molar-refractivity contribution in [3.8, 4) is 11.5 Å². The second-order valence-electron chi connectivity index (χ2n) is 6.71. The number of rotatable bonds is 8. The van der Waals surface area contributed by atoms with Crippen molar-refractivity contribution in [2.75, 3.05) is 26.4 Å². The summed E-state index contributed by atoms with van der Waals surface area (Å²) in [5.74, 6) is 1.67. The third-order valence-electron chi connectivity index (χ3n) is 4.82. The summed E-state index contributed by atoms with van der Waals surface area (Å²) < 4.78 is 16.8. The molecular formula is C22H28ClNO4. The maximum absolute atomic E-state index is 12.1. The average Bonchev–Trinajstić information content (AvgIpc) is 2.69. The fraction of sp³-hybridized carbons (Fsp3) is 0.409. The number of hydrogen-bond donors (Lipinski definition) is 1. The minimum absolute atomic E-state index is 0. The molecule has 0 saturated carbocycles. The summed E-state index contributed by atoms with van der Waals surface area (Å²) in [4.78, 5) is 12.1. The Kier molecular flexibility index (Phi) is 8.61. The lowest BCUT2D eigenvalue weighted by Crippen LogP contribution is -2.30. The molecule has 2 atom stereocenters. The van der Waals surface area contributed by atoms with Gasteiger partial charge in [0.05, 0.1) is 19.6 Å². The van der Waals surface area contributed by atoms with E-state index in [0.29, 0.717) is 32.8 Å². The first-order valence-electron chi connectivity index (χ1n) is 9.50. The molecule has 1 aliphatic heterocycles. The summed E-state index contributed by atoms with van der Waals surface area (Å²) >= 11 is 0. The van der Waals surface area contributed by atoms with Crippen molar-refractivity contribution >= 4 is 18.4 Å². The van der Waals surface area contributed by atoms with E-state index < -0.39 is 0 Å². The van der Waals surface area contributed by atoms with Crippen molar-refractivity contribution in [1.29, 1.82) is 0 Å². The van der Waals surface area contributed by atoms with Crippen LogP contribution in [-0.4, -0.2) is 32.3 Å². The quantitative estimate of drug-likeness (QED) is 0.677. The molecular weight excluding hydrogens is 378 g/mol. The Morgan fingerprint density at radius 3 is 2.71 bits per heavy atom. The van der Waals surface area contributed by atoms with Gasteiger partial charge in [0.2, 0.25) is 0 Å². The Labute approximate surface area is 172 Å². The number of nitrogens with two attached hydrogens (primary N) is 1. The predicted octanol–water partition coefficient (Wildman–Crippen LogP) is 3.73. The standard InChI is InChI=1S/C22H27NO4.ClH/c1-2-25-22(24)13-17-15-27-21-9-8-18(26-11-10-23)14-20(21)19(17)12-16-6-4-3-5-7-16;/h3-9,14,17,19H,2,10-13,15,23H2,1H3;1H. The van der Waals surface area contributed by atoms with E-state index in [1.165, 1.54) is 5.56 Å². The number of fused-ring (bicyclic) bond motifs is 1. The minimum atomic E-state index is -0.178. The van der Waals surface area contributed by atoms with Gasteiger partial charge in [-0.2, -0.15) is 0 Å². The smallest absolute Gasteiger partial charge is 0.306 e. The van der Waals surface area contributed by atoms with Crippen LogP contribution in [-0.2, 0) is 16.0 Å². The molecule has 0 spiro atoms. The number of hydrogen-bond acceptors (Lipinski definition) is 5. The van der Waals surface area contributed by atoms with E-state index in [1.54, 1.807) is 0 Å². The van der Waals surface area contributed by atoms with Crippen molar-refractivity contribution in [3.63, 3.8) is 0 Å². The molecule has 0 aromatic heterocycles. The molecule has 0 amide bonds. The van der Waals surface area contributed by atoms with Gasteiger partial charge in [-0.25, -0.2) is 0 Å². The highest BCUT2D eigenvalue weighted by molar-refractivity contribution is 5.85. The normalized spacial score (nSPS) is 17.6. The molecule has 2 unspecified atom stereocenters. The fourth-order valence-electron chi connectivity index (χ4n) is 3.56. The van der Waals surface area contributed by atoms with E-state index >= 15 is 0 Å². The van der Waals surface area contributed by atoms with Crippen LogP contribution in [0, 0.1) is 5.92 Å². The Morgan fingerprint density at radius 1 is 1.21 bits per heavy atom. The lowest BCUT2D eigenvalue weighted by atomic mass is 9.78. The van der Waals surface area contributed by atoms with Gasteiger partial charge < -0.3 is 19.9 Å². The van der Waals surface area contributed by atoms with Crippen LogP contribution in [0.15, 0.2) is 48.5 Å². The minimum Gasteiger partial charge on any atom is -0.493 e. The highest BCUT2D eigenvalue weighted by Gasteiger charge is 2.33. The van der Waals surface area contributed by atoms with Gasteiger partial charge in [-0.3, -0.25) is 4.79 Å². The number of ether oxygens (including phenoxy) is 3. The van der Waals surface area contributed by atoms with E-state index in [-0.39, 0.29) is 30.2 Å². The van der Waals surface area contributed by atoms with Crippen molar-refractivity contribution < 1.29 is 19.0 Å². The molecule has 152 valence electrons. The van der Waals surface area contributed by atoms with E-state index in [0.717, 1.165) is 23.5 Å². The monoisotopic (exact) mass is 405 g/mol. The van der Waals surface area contributed by atoms with Crippen LogP contribution in [0.5, 0.6) is 11.5 Å². The third-order valence-corrected chi connectivity index (χ3v) is 4.82. The molecule has 0 bridgehead atoms. The van der Waals surface area contributed by atoms with Gasteiger partial charge in [0.1, 0.15) is 18.1 Å². The zero-order valence-electron chi connectivity index (χ0n) is 16.1. The van der Waals surface area contributed by atoms with Crippen LogP contribution in [0.2, 0.25) is 0 Å². The summed E-state index contributed by atoms with van der Waals surface area (Å²) in [6.07, 6.45) is 1.18. The van der Waals surface area contributed by atoms with Crippen molar-refractivity contribution in [2.45, 2.75) is 25.7 Å². The van der Waals surface area contributed by atoms with Gasteiger partial charge in [0.15, 0.2) is 0 Å². The molecule has 0 radical (unpaired) electrons. The first-order valence-corrected chi connectivity index (χ1v) is 9.50. The zero-order valence-corrected chi connectivity index (χ0v) is 17.0. The van der Waals surface area contributed by atoms with Crippen molar-refractivity contribution in [2.24, 2.45) is 11.7 Å². The lowest BCUT2D eigenvalue weighted by molar-refractivity contribution is -0.144. The Hall–Kier alpha value is -2.24. The van der Waals surface area contributed by atoms with E-state index in [1.807, 2.05) is 43.3 Å². The molecule has 2 aromatic carbocycles. The highest BCUT2D eigenvalue weighted by Crippen LogP contribution is 2.42. The van der Waals surface area contributed by atoms with Crippen LogP contribution >= 0.6 is 12.4 Å². The number of esters is 1. The molecule has 28 heavy (non-hydrogen) atoms. The average molecular weight is 406 g/mol. The third kappa shape index (κ3) is 5.63. The molecule has 0 fully saturated rings. The van der Waals surface area contributed by atoms with Crippen molar-refractivity contribution in [1.82, 2.24) is 0 Å². The van der Waals surface area contributed by atoms with E-state index in [2.05, 4.69) is 12.1 Å². The number of carbonyl (C=O) groups is 1. The van der Waals surface area contributed by atoms with Gasteiger partial charge in [0, 0.05) is 18.0 Å². The Morgan fingerprint density at radius 2 is 2.00 bits per heavy atom. The summed E-state index contributed by atoms with van der Waals surface area (Å²) in [6, 6.07) is 16.2.